The second-order valence-corrected chi connectivity index (χ2v) is 31.2. The minimum atomic E-state index is -3.65. The molecule has 0 aromatic heterocycles. The number of carboxylic acid groups (broad SMARTS) is 1. The summed E-state index contributed by atoms with van der Waals surface area (Å²) in [6.07, 6.45) is 2.59. The molecule has 23 heteroatoms. The molecule has 0 spiro atoms. The number of allylic oxidation sites excluding steroid dienone is 1. The number of carboxylic acids is 1. The SMILES string of the molecule is C[SiH2]O[Si](O[SiH2]C)(O[SiH2]C)C(CCC=C(C)C(=O)O)([Si](O[SiH2]C)(O[SiH2]C)O[SiH2]C)[Si](O[SiH2]C)(O[SiH2]C)O[SiH2]C. The summed E-state index contributed by atoms with van der Waals surface area (Å²) >= 11 is 0. The van der Waals surface area contributed by atoms with Crippen LogP contribution in [-0.2, 0) is 41.8 Å². The molecule has 0 rings (SSSR count). The van der Waals surface area contributed by atoms with Gasteiger partial charge in [-0.05, 0) is 19.8 Å². The summed E-state index contributed by atoms with van der Waals surface area (Å²) in [6.45, 7) is 20.4. The lowest BCUT2D eigenvalue weighted by Gasteiger charge is -2.58. The molecule has 0 aliphatic carbocycles. The van der Waals surface area contributed by atoms with Crippen LogP contribution in [0, 0.1) is 0 Å². The van der Waals surface area contributed by atoms with Gasteiger partial charge in [0.15, 0.2) is 4.28 Å². The second-order valence-electron chi connectivity index (χ2n) is 8.20. The van der Waals surface area contributed by atoms with E-state index in [1.807, 2.05) is 0 Å². The van der Waals surface area contributed by atoms with Crippen molar-refractivity contribution in [2.75, 3.05) is 0 Å². The Morgan fingerprint density at radius 3 is 1.00 bits per heavy atom. The molecule has 0 heterocycles. The normalized spacial score (nSPS) is 21.4. The maximum Gasteiger partial charge on any atom is 0.484 e. The minimum absolute atomic E-state index is 0.280. The molecule has 0 saturated heterocycles. The highest BCUT2D eigenvalue weighted by atomic mass is 28.6. The van der Waals surface area contributed by atoms with E-state index < -0.39 is 125 Å². The molecule has 0 unspecified atom stereocenters. The zero-order valence-corrected chi connectivity index (χ0v) is 41.6. The Labute approximate surface area is 260 Å². The summed E-state index contributed by atoms with van der Waals surface area (Å²) in [6, 6.07) is 0. The van der Waals surface area contributed by atoms with Crippen LogP contribution in [0.3, 0.4) is 0 Å². The average molecular weight is 760 g/mol. The van der Waals surface area contributed by atoms with Crippen molar-refractivity contribution in [3.8, 4) is 0 Å². The van der Waals surface area contributed by atoms with E-state index >= 15 is 0 Å². The van der Waals surface area contributed by atoms with Crippen LogP contribution < -0.4 is 0 Å². The van der Waals surface area contributed by atoms with Crippen LogP contribution in [0.4, 0.5) is 0 Å². The lowest BCUT2D eigenvalue weighted by Crippen LogP contribution is -2.82. The third kappa shape index (κ3) is 9.72. The Morgan fingerprint density at radius 2 is 0.821 bits per heavy atom. The summed E-state index contributed by atoms with van der Waals surface area (Å²) in [5.74, 6) is -0.943. The summed E-state index contributed by atoms with van der Waals surface area (Å²) in [4.78, 5) is 11.8. The van der Waals surface area contributed by atoms with Crippen molar-refractivity contribution in [3.63, 3.8) is 0 Å². The third-order valence-corrected chi connectivity index (χ3v) is 39.4. The van der Waals surface area contributed by atoms with Crippen molar-refractivity contribution in [2.45, 2.75) is 83.0 Å². The number of hydrogen-bond acceptors (Lipinski definition) is 10. The number of carbonyl (C=O) groups is 1. The smallest absolute Gasteiger partial charge is 0.478 e. The van der Waals surface area contributed by atoms with Crippen LogP contribution >= 0.6 is 0 Å². The monoisotopic (exact) mass is 758 g/mol. The first-order valence-corrected chi connectivity index (χ1v) is 37.4. The van der Waals surface area contributed by atoms with Crippen LogP contribution in [0.1, 0.15) is 19.8 Å². The Balaban J connectivity index is 8.33. The predicted octanol–water partition coefficient (Wildman–Crippen LogP) is -3.23. The first kappa shape index (κ1) is 40.5. The van der Waals surface area contributed by atoms with Gasteiger partial charge in [-0.2, -0.15) is 0 Å². The van der Waals surface area contributed by atoms with Gasteiger partial charge in [-0.25, -0.2) is 4.79 Å². The average Bonchev–Trinajstić information content (AvgIpc) is 2.87. The molecule has 232 valence electrons. The van der Waals surface area contributed by atoms with Gasteiger partial charge in [0.25, 0.3) is 0 Å². The van der Waals surface area contributed by atoms with E-state index in [2.05, 4.69) is 58.9 Å². The van der Waals surface area contributed by atoms with Crippen molar-refractivity contribution >= 4 is 120 Å². The van der Waals surface area contributed by atoms with E-state index in [9.17, 15) is 9.90 Å². The van der Waals surface area contributed by atoms with Gasteiger partial charge in [-0.1, -0.05) is 65.0 Å². The predicted molar refractivity (Wildman–Crippen MR) is 190 cm³/mol. The summed E-state index contributed by atoms with van der Waals surface area (Å²) in [5.41, 5.74) is 0.280. The molecule has 0 saturated carbocycles. The first-order chi connectivity index (χ1) is 18.6. The van der Waals surface area contributed by atoms with E-state index in [-0.39, 0.29) is 5.57 Å². The lowest BCUT2D eigenvalue weighted by atomic mass is 10.2. The molecule has 1 N–H and O–H groups in total. The van der Waals surface area contributed by atoms with Gasteiger partial charge in [0.2, 0.25) is 0 Å². The largest absolute Gasteiger partial charge is 0.484 e. The van der Waals surface area contributed by atoms with Crippen molar-refractivity contribution < 1.29 is 46.9 Å². The summed E-state index contributed by atoms with van der Waals surface area (Å²) in [7, 11) is -20.3. The Hall–Kier alpha value is 1.45. The van der Waals surface area contributed by atoms with E-state index in [1.165, 1.54) is 0 Å². The molecule has 0 bridgehead atoms. The number of aliphatic carboxylic acids is 1. The molecule has 0 aliphatic rings. The molecular weight excluding hydrogens is 705 g/mol. The van der Waals surface area contributed by atoms with Crippen molar-refractivity contribution in [1.29, 1.82) is 0 Å². The van der Waals surface area contributed by atoms with Crippen LogP contribution in [0.25, 0.3) is 0 Å². The molecule has 0 fully saturated rings. The van der Waals surface area contributed by atoms with E-state index in [0.717, 1.165) is 0 Å². The second kappa shape index (κ2) is 21.2. The summed E-state index contributed by atoms with van der Waals surface area (Å²) in [5, 5.41) is 9.63. The molecule has 0 aliphatic heterocycles. The Bertz CT molecular complexity index is 607. The van der Waals surface area contributed by atoms with Gasteiger partial charge in [0, 0.05) is 5.57 Å². The zero-order chi connectivity index (χ0) is 30.0. The van der Waals surface area contributed by atoms with Crippen LogP contribution in [-0.4, -0.2) is 125 Å². The Kier molecular flexibility index (Phi) is 22.0. The van der Waals surface area contributed by atoms with Gasteiger partial charge in [0.05, 0.1) is 0 Å². The zero-order valence-electron chi connectivity index (χ0n) is 25.9. The molecule has 0 atom stereocenters. The Morgan fingerprint density at radius 1 is 0.590 bits per heavy atom. The van der Waals surface area contributed by atoms with E-state index in [0.29, 0.717) is 12.8 Å². The number of rotatable bonds is 25. The quantitative estimate of drug-likeness (QED) is 0.0749. The fourth-order valence-electron chi connectivity index (χ4n) is 4.81. The van der Waals surface area contributed by atoms with Crippen LogP contribution in [0.2, 0.25) is 63.2 Å². The van der Waals surface area contributed by atoms with Gasteiger partial charge >= 0.3 is 32.4 Å². The van der Waals surface area contributed by atoms with Crippen LogP contribution in [0.15, 0.2) is 11.6 Å². The lowest BCUT2D eigenvalue weighted by molar-refractivity contribution is -0.132. The molecule has 0 amide bonds. The fraction of sp³-hybridized carbons (Fsp3) is 0.812. The standard InChI is InChI=1S/C16H54O11Si12/c1-14(15(17)18)12-11-13-16(37(19-28-2,20-29-3)21-30-4,38(22-31-5,23-32-6)24-33-7)39(25-34-8,26-35-9)27-36-10/h12H,11,13,28-36H2,1-10H3,(H,17,18). The molecule has 0 aromatic carbocycles. The third-order valence-electron chi connectivity index (χ3n) is 5.88. The fourth-order valence-corrected chi connectivity index (χ4v) is 54.7. The topological polar surface area (TPSA) is 120 Å². The van der Waals surface area contributed by atoms with Gasteiger partial charge < -0.3 is 42.1 Å². The van der Waals surface area contributed by atoms with E-state index in [4.69, 9.17) is 37.0 Å². The first-order valence-electron chi connectivity index (χ1n) is 14.3. The highest BCUT2D eigenvalue weighted by Crippen LogP contribution is 2.59. The maximum absolute atomic E-state index is 11.8. The van der Waals surface area contributed by atoms with Gasteiger partial charge in [0.1, 0.15) is 87.9 Å². The van der Waals surface area contributed by atoms with Crippen molar-refractivity contribution in [1.82, 2.24) is 0 Å². The van der Waals surface area contributed by atoms with Crippen molar-refractivity contribution in [2.24, 2.45) is 0 Å². The molecular formula is C16H54O11Si12. The highest BCUT2D eigenvalue weighted by Gasteiger charge is 2.87. The summed E-state index contributed by atoms with van der Waals surface area (Å²) < 4.78 is 61.2. The number of hydrogen-bond donors (Lipinski definition) is 1. The minimum Gasteiger partial charge on any atom is -0.478 e. The highest BCUT2D eigenvalue weighted by molar-refractivity contribution is 7.08. The van der Waals surface area contributed by atoms with Gasteiger partial charge in [-0.15, -0.1) is 0 Å². The van der Waals surface area contributed by atoms with Crippen LogP contribution in [0.5, 0.6) is 0 Å². The molecule has 0 radical (unpaired) electrons. The molecule has 11 nitrogen and oxygen atoms in total. The van der Waals surface area contributed by atoms with Crippen molar-refractivity contribution in [3.05, 3.63) is 11.6 Å². The maximum atomic E-state index is 11.8. The molecule has 0 aromatic rings. The van der Waals surface area contributed by atoms with E-state index in [1.54, 1.807) is 13.0 Å². The molecule has 39 heavy (non-hydrogen) atoms. The van der Waals surface area contributed by atoms with Gasteiger partial charge in [-0.3, -0.25) is 0 Å².